The second kappa shape index (κ2) is 3.47. The minimum Gasteiger partial charge on any atom is -0.384 e. The molecule has 0 saturated heterocycles. The Kier molecular flexibility index (Phi) is 2.58. The first-order chi connectivity index (χ1) is 5.59. The van der Waals surface area contributed by atoms with Crippen LogP contribution in [0.2, 0.25) is 0 Å². The van der Waals surface area contributed by atoms with Crippen molar-refractivity contribution in [3.8, 4) is 0 Å². The molecule has 0 amide bonds. The third-order valence-electron chi connectivity index (χ3n) is 1.75. The molecule has 0 unspecified atom stereocenters. The van der Waals surface area contributed by atoms with Gasteiger partial charge in [-0.3, -0.25) is 0 Å². The van der Waals surface area contributed by atoms with Gasteiger partial charge in [0.2, 0.25) is 0 Å². The smallest absolute Gasteiger partial charge is 0.147 e. The van der Waals surface area contributed by atoms with Gasteiger partial charge in [-0.1, -0.05) is 13.8 Å². The fourth-order valence-electron chi connectivity index (χ4n) is 1.01. The summed E-state index contributed by atoms with van der Waals surface area (Å²) in [6.45, 7) is 5.19. The molecule has 4 heteroatoms. The van der Waals surface area contributed by atoms with Crippen LogP contribution in [0.1, 0.15) is 20.3 Å². The lowest BCUT2D eigenvalue weighted by Gasteiger charge is -2.05. The highest BCUT2D eigenvalue weighted by atomic mass is 15.3. The Morgan fingerprint density at radius 1 is 1.50 bits per heavy atom. The van der Waals surface area contributed by atoms with E-state index in [2.05, 4.69) is 18.9 Å². The molecule has 4 N–H and O–H groups in total. The van der Waals surface area contributed by atoms with Crippen molar-refractivity contribution in [1.29, 1.82) is 0 Å². The summed E-state index contributed by atoms with van der Waals surface area (Å²) in [6.07, 6.45) is 1.07. The summed E-state index contributed by atoms with van der Waals surface area (Å²) in [6, 6.07) is 1.68. The second-order valence-corrected chi connectivity index (χ2v) is 3.40. The summed E-state index contributed by atoms with van der Waals surface area (Å²) in [5.74, 6) is 1.80. The summed E-state index contributed by atoms with van der Waals surface area (Å²) in [7, 11) is 0. The van der Waals surface area contributed by atoms with Gasteiger partial charge < -0.3 is 11.5 Å². The predicted molar refractivity (Wildman–Crippen MR) is 50.5 cm³/mol. The number of hydrogen-bond donors (Lipinski definition) is 2. The summed E-state index contributed by atoms with van der Waals surface area (Å²) < 4.78 is 1.75. The molecule has 12 heavy (non-hydrogen) atoms. The van der Waals surface area contributed by atoms with Crippen LogP contribution >= 0.6 is 0 Å². The van der Waals surface area contributed by atoms with Crippen molar-refractivity contribution in [2.75, 3.05) is 11.5 Å². The van der Waals surface area contributed by atoms with Crippen molar-refractivity contribution in [3.63, 3.8) is 0 Å². The quantitative estimate of drug-likeness (QED) is 0.709. The highest BCUT2D eigenvalue weighted by Gasteiger charge is 2.02. The van der Waals surface area contributed by atoms with Gasteiger partial charge in [0.05, 0.1) is 0 Å². The number of anilines is 2. The summed E-state index contributed by atoms with van der Waals surface area (Å²) in [4.78, 5) is 0. The Morgan fingerprint density at radius 2 is 2.17 bits per heavy atom. The first-order valence-corrected chi connectivity index (χ1v) is 4.18. The average molecular weight is 168 g/mol. The predicted octanol–water partition coefficient (Wildman–Crippen LogP) is 1.09. The van der Waals surface area contributed by atoms with Gasteiger partial charge in [-0.25, -0.2) is 4.68 Å². The summed E-state index contributed by atoms with van der Waals surface area (Å²) in [5, 5.41) is 4.05. The first kappa shape index (κ1) is 8.90. The molecule has 0 atom stereocenters. The van der Waals surface area contributed by atoms with Gasteiger partial charge in [-0.15, -0.1) is 0 Å². The molecule has 4 nitrogen and oxygen atoms in total. The zero-order valence-electron chi connectivity index (χ0n) is 7.62. The van der Waals surface area contributed by atoms with Crippen LogP contribution in [0.3, 0.4) is 0 Å². The van der Waals surface area contributed by atoms with Crippen LogP contribution in [0.5, 0.6) is 0 Å². The molecule has 1 rings (SSSR count). The van der Waals surface area contributed by atoms with Crippen LogP contribution in [-0.2, 0) is 6.54 Å². The van der Waals surface area contributed by atoms with Gasteiger partial charge in [0.1, 0.15) is 11.6 Å². The van der Waals surface area contributed by atoms with E-state index in [1.165, 1.54) is 0 Å². The van der Waals surface area contributed by atoms with E-state index in [0.717, 1.165) is 13.0 Å². The topological polar surface area (TPSA) is 69.9 Å². The maximum atomic E-state index is 5.65. The standard InChI is InChI=1S/C8H16N4/c1-6(2)3-4-12-8(10)5-7(9)11-12/h5-6H,3-4,10H2,1-2H3,(H2,9,11). The van der Waals surface area contributed by atoms with Crippen molar-refractivity contribution in [1.82, 2.24) is 9.78 Å². The molecule has 1 heterocycles. The number of nitrogen functional groups attached to an aromatic ring is 2. The normalized spacial score (nSPS) is 10.9. The van der Waals surface area contributed by atoms with Gasteiger partial charge in [0, 0.05) is 12.6 Å². The number of aromatic nitrogens is 2. The number of nitrogens with two attached hydrogens (primary N) is 2. The van der Waals surface area contributed by atoms with Crippen LogP contribution in [0.25, 0.3) is 0 Å². The fraction of sp³-hybridized carbons (Fsp3) is 0.625. The Balaban J connectivity index is 2.57. The number of rotatable bonds is 3. The number of hydrogen-bond acceptors (Lipinski definition) is 3. The van der Waals surface area contributed by atoms with Gasteiger partial charge >= 0.3 is 0 Å². The van der Waals surface area contributed by atoms with E-state index in [-0.39, 0.29) is 0 Å². The molecular formula is C8H16N4. The van der Waals surface area contributed by atoms with Gasteiger partial charge in [0.25, 0.3) is 0 Å². The Labute approximate surface area is 72.5 Å². The van der Waals surface area contributed by atoms with E-state index in [1.807, 2.05) is 0 Å². The molecule has 68 valence electrons. The van der Waals surface area contributed by atoms with Crippen molar-refractivity contribution in [2.45, 2.75) is 26.8 Å². The molecule has 1 aromatic heterocycles. The van der Waals surface area contributed by atoms with Gasteiger partial charge in [-0.2, -0.15) is 5.10 Å². The van der Waals surface area contributed by atoms with Crippen LogP contribution in [0.4, 0.5) is 11.6 Å². The Bertz CT molecular complexity index is 252. The average Bonchev–Trinajstić information content (AvgIpc) is 2.26. The van der Waals surface area contributed by atoms with E-state index in [4.69, 9.17) is 11.5 Å². The van der Waals surface area contributed by atoms with Crippen molar-refractivity contribution in [3.05, 3.63) is 6.07 Å². The summed E-state index contributed by atoms with van der Waals surface area (Å²) in [5.41, 5.74) is 11.1. The molecule has 0 saturated carbocycles. The Hall–Kier alpha value is -1.19. The van der Waals surface area contributed by atoms with E-state index in [9.17, 15) is 0 Å². The zero-order chi connectivity index (χ0) is 9.14. The minimum absolute atomic E-state index is 0.497. The highest BCUT2D eigenvalue weighted by molar-refractivity contribution is 5.41. The van der Waals surface area contributed by atoms with Gasteiger partial charge in [0.15, 0.2) is 0 Å². The van der Waals surface area contributed by atoms with Crippen molar-refractivity contribution >= 4 is 11.6 Å². The van der Waals surface area contributed by atoms with Crippen molar-refractivity contribution < 1.29 is 0 Å². The molecule has 0 aromatic carbocycles. The highest BCUT2D eigenvalue weighted by Crippen LogP contribution is 2.10. The molecule has 0 spiro atoms. The largest absolute Gasteiger partial charge is 0.384 e. The monoisotopic (exact) mass is 168 g/mol. The van der Waals surface area contributed by atoms with E-state index >= 15 is 0 Å². The molecule has 1 aromatic rings. The second-order valence-electron chi connectivity index (χ2n) is 3.40. The first-order valence-electron chi connectivity index (χ1n) is 4.18. The van der Waals surface area contributed by atoms with Crippen LogP contribution in [0, 0.1) is 5.92 Å². The molecular weight excluding hydrogens is 152 g/mol. The zero-order valence-corrected chi connectivity index (χ0v) is 7.62. The molecule has 0 aliphatic heterocycles. The number of aryl methyl sites for hydroxylation is 1. The molecule has 0 aliphatic carbocycles. The van der Waals surface area contributed by atoms with E-state index < -0.39 is 0 Å². The molecule has 0 bridgehead atoms. The lowest BCUT2D eigenvalue weighted by molar-refractivity contribution is 0.492. The minimum atomic E-state index is 0.497. The SMILES string of the molecule is CC(C)CCn1nc(N)cc1N. The van der Waals surface area contributed by atoms with Crippen LogP contribution in [0.15, 0.2) is 6.07 Å². The lowest BCUT2D eigenvalue weighted by Crippen LogP contribution is -2.06. The third-order valence-corrected chi connectivity index (χ3v) is 1.75. The van der Waals surface area contributed by atoms with Crippen LogP contribution in [-0.4, -0.2) is 9.78 Å². The van der Waals surface area contributed by atoms with Crippen LogP contribution < -0.4 is 11.5 Å². The third kappa shape index (κ3) is 2.15. The van der Waals surface area contributed by atoms with E-state index in [1.54, 1.807) is 10.7 Å². The summed E-state index contributed by atoms with van der Waals surface area (Å²) >= 11 is 0. The van der Waals surface area contributed by atoms with E-state index in [0.29, 0.717) is 17.6 Å². The van der Waals surface area contributed by atoms with Crippen molar-refractivity contribution in [2.24, 2.45) is 5.92 Å². The lowest BCUT2D eigenvalue weighted by atomic mass is 10.1. The number of nitrogens with zero attached hydrogens (tertiary/aromatic N) is 2. The molecule has 0 fully saturated rings. The maximum Gasteiger partial charge on any atom is 0.147 e. The molecule has 0 radical (unpaired) electrons. The fourth-order valence-corrected chi connectivity index (χ4v) is 1.01. The molecule has 0 aliphatic rings. The van der Waals surface area contributed by atoms with Gasteiger partial charge in [-0.05, 0) is 12.3 Å². The maximum absolute atomic E-state index is 5.65. The Morgan fingerprint density at radius 3 is 2.58 bits per heavy atom.